The Kier molecular flexibility index (Phi) is 3.69. The molecule has 0 aliphatic carbocycles. The summed E-state index contributed by atoms with van der Waals surface area (Å²) in [6, 6.07) is 0.200. The van der Waals surface area contributed by atoms with Gasteiger partial charge in [-0.25, -0.2) is 0 Å². The number of aliphatic hydroxyl groups excluding tert-OH is 1. The molecule has 1 aliphatic heterocycles. The van der Waals surface area contributed by atoms with Crippen LogP contribution in [-0.4, -0.2) is 35.2 Å². The zero-order valence-electron chi connectivity index (χ0n) is 10.6. The number of aliphatic hydroxyl groups is 1. The van der Waals surface area contributed by atoms with Gasteiger partial charge in [-0.2, -0.15) is 5.10 Å². The molecule has 0 spiro atoms. The molecule has 0 bridgehead atoms. The molecule has 1 aromatic heterocycles. The molecular formula is C12H20N2O3. The Bertz CT molecular complexity index is 370. The van der Waals surface area contributed by atoms with Gasteiger partial charge in [0.25, 0.3) is 0 Å². The van der Waals surface area contributed by atoms with E-state index in [1.807, 2.05) is 18.5 Å². The molecule has 1 saturated heterocycles. The summed E-state index contributed by atoms with van der Waals surface area (Å²) in [6.45, 7) is 5.40. The van der Waals surface area contributed by atoms with E-state index in [4.69, 9.17) is 9.47 Å². The van der Waals surface area contributed by atoms with Gasteiger partial charge in [-0.15, -0.1) is 0 Å². The van der Waals surface area contributed by atoms with Gasteiger partial charge in [-0.1, -0.05) is 0 Å². The first kappa shape index (κ1) is 12.4. The molecule has 5 nitrogen and oxygen atoms in total. The summed E-state index contributed by atoms with van der Waals surface area (Å²) in [7, 11) is 1.60. The summed E-state index contributed by atoms with van der Waals surface area (Å²) in [5.74, 6) is 0.788. The molecule has 1 fully saturated rings. The fraction of sp³-hybridized carbons (Fsp3) is 0.750. The average Bonchev–Trinajstić information content (AvgIpc) is 2.96. The van der Waals surface area contributed by atoms with Crippen LogP contribution in [0.25, 0.3) is 0 Å². The number of hydrogen-bond donors (Lipinski definition) is 1. The topological polar surface area (TPSA) is 56.5 Å². The maximum Gasteiger partial charge on any atom is 0.162 e. The fourth-order valence-corrected chi connectivity index (χ4v) is 2.23. The summed E-state index contributed by atoms with van der Waals surface area (Å²) in [5.41, 5.74) is 0.762. The Morgan fingerprint density at radius 3 is 2.88 bits per heavy atom. The fourth-order valence-electron chi connectivity index (χ4n) is 2.23. The van der Waals surface area contributed by atoms with E-state index in [9.17, 15) is 5.11 Å². The lowest BCUT2D eigenvalue weighted by Crippen LogP contribution is -2.19. The monoisotopic (exact) mass is 240 g/mol. The first-order valence-corrected chi connectivity index (χ1v) is 6.02. The predicted molar refractivity (Wildman–Crippen MR) is 63.0 cm³/mol. The largest absolute Gasteiger partial charge is 0.493 e. The minimum Gasteiger partial charge on any atom is -0.493 e. The highest BCUT2D eigenvalue weighted by Crippen LogP contribution is 2.35. The molecule has 2 rings (SSSR count). The van der Waals surface area contributed by atoms with Crippen molar-refractivity contribution in [2.24, 2.45) is 5.92 Å². The normalized spacial score (nSPS) is 22.1. The molecule has 1 aromatic rings. The number of aromatic nitrogens is 2. The van der Waals surface area contributed by atoms with Crippen molar-refractivity contribution in [1.82, 2.24) is 9.78 Å². The van der Waals surface area contributed by atoms with Crippen molar-refractivity contribution in [3.63, 3.8) is 0 Å². The van der Waals surface area contributed by atoms with E-state index in [0.29, 0.717) is 12.4 Å². The highest BCUT2D eigenvalue weighted by atomic mass is 16.5. The standard InChI is InChI=1S/C12H20N2O3/c1-8(2)14-11(10(16-3)6-13-14)12(15)9-4-5-17-7-9/h6,8-9,12,15H,4-5,7H2,1-3H3. The van der Waals surface area contributed by atoms with Crippen LogP contribution < -0.4 is 4.74 Å². The lowest BCUT2D eigenvalue weighted by Gasteiger charge is -2.20. The van der Waals surface area contributed by atoms with Crippen molar-refractivity contribution in [3.05, 3.63) is 11.9 Å². The zero-order chi connectivity index (χ0) is 12.4. The van der Waals surface area contributed by atoms with Gasteiger partial charge >= 0.3 is 0 Å². The van der Waals surface area contributed by atoms with Crippen LogP contribution in [-0.2, 0) is 4.74 Å². The maximum atomic E-state index is 10.4. The molecule has 1 aliphatic rings. The Balaban J connectivity index is 2.30. The van der Waals surface area contributed by atoms with Gasteiger partial charge < -0.3 is 14.6 Å². The van der Waals surface area contributed by atoms with Gasteiger partial charge in [0, 0.05) is 18.6 Å². The van der Waals surface area contributed by atoms with Crippen molar-refractivity contribution in [1.29, 1.82) is 0 Å². The van der Waals surface area contributed by atoms with Crippen LogP contribution in [0.15, 0.2) is 6.20 Å². The number of rotatable bonds is 4. The highest BCUT2D eigenvalue weighted by Gasteiger charge is 2.31. The maximum absolute atomic E-state index is 10.4. The van der Waals surface area contributed by atoms with E-state index >= 15 is 0 Å². The second-order valence-electron chi connectivity index (χ2n) is 4.71. The lowest BCUT2D eigenvalue weighted by atomic mass is 9.98. The molecular weight excluding hydrogens is 220 g/mol. The van der Waals surface area contributed by atoms with E-state index < -0.39 is 6.10 Å². The number of methoxy groups -OCH3 is 1. The summed E-state index contributed by atoms with van der Waals surface area (Å²) >= 11 is 0. The van der Waals surface area contributed by atoms with Gasteiger partial charge in [-0.05, 0) is 20.3 Å². The van der Waals surface area contributed by atoms with E-state index in [-0.39, 0.29) is 12.0 Å². The van der Waals surface area contributed by atoms with Crippen LogP contribution >= 0.6 is 0 Å². The number of nitrogens with zero attached hydrogens (tertiary/aromatic N) is 2. The first-order chi connectivity index (χ1) is 8.15. The molecule has 96 valence electrons. The van der Waals surface area contributed by atoms with Crippen LogP contribution in [0.5, 0.6) is 5.75 Å². The van der Waals surface area contributed by atoms with E-state index in [0.717, 1.165) is 18.7 Å². The van der Waals surface area contributed by atoms with Crippen LogP contribution in [0, 0.1) is 5.92 Å². The third-order valence-corrected chi connectivity index (χ3v) is 3.20. The minimum absolute atomic E-state index is 0.137. The third-order valence-electron chi connectivity index (χ3n) is 3.20. The quantitative estimate of drug-likeness (QED) is 0.867. The summed E-state index contributed by atoms with van der Waals surface area (Å²) in [5, 5.41) is 14.7. The first-order valence-electron chi connectivity index (χ1n) is 6.02. The van der Waals surface area contributed by atoms with Gasteiger partial charge in [0.2, 0.25) is 0 Å². The van der Waals surface area contributed by atoms with Crippen LogP contribution in [0.2, 0.25) is 0 Å². The Hall–Kier alpha value is -1.07. The zero-order valence-corrected chi connectivity index (χ0v) is 10.6. The molecule has 17 heavy (non-hydrogen) atoms. The van der Waals surface area contributed by atoms with Crippen molar-refractivity contribution in [2.45, 2.75) is 32.4 Å². The van der Waals surface area contributed by atoms with Crippen LogP contribution in [0.3, 0.4) is 0 Å². The van der Waals surface area contributed by atoms with E-state index in [1.165, 1.54) is 0 Å². The van der Waals surface area contributed by atoms with Crippen molar-refractivity contribution in [3.8, 4) is 5.75 Å². The molecule has 2 unspecified atom stereocenters. The lowest BCUT2D eigenvalue weighted by molar-refractivity contribution is 0.0812. The smallest absolute Gasteiger partial charge is 0.162 e. The highest BCUT2D eigenvalue weighted by molar-refractivity contribution is 5.28. The SMILES string of the molecule is COc1cnn(C(C)C)c1C(O)C1CCOC1. The Labute approximate surface area is 101 Å². The minimum atomic E-state index is -0.572. The van der Waals surface area contributed by atoms with Crippen LogP contribution in [0.1, 0.15) is 38.1 Å². The number of hydrogen-bond acceptors (Lipinski definition) is 4. The van der Waals surface area contributed by atoms with Crippen molar-refractivity contribution < 1.29 is 14.6 Å². The summed E-state index contributed by atoms with van der Waals surface area (Å²) in [6.07, 6.45) is 1.97. The Morgan fingerprint density at radius 2 is 2.35 bits per heavy atom. The van der Waals surface area contributed by atoms with Gasteiger partial charge in [0.05, 0.1) is 19.9 Å². The molecule has 0 amide bonds. The van der Waals surface area contributed by atoms with E-state index in [2.05, 4.69) is 5.10 Å². The number of ether oxygens (including phenoxy) is 2. The Morgan fingerprint density at radius 1 is 1.59 bits per heavy atom. The molecule has 0 aromatic carbocycles. The van der Waals surface area contributed by atoms with Gasteiger partial charge in [0.1, 0.15) is 11.8 Å². The average molecular weight is 240 g/mol. The predicted octanol–water partition coefficient (Wildman–Crippen LogP) is 1.54. The van der Waals surface area contributed by atoms with Gasteiger partial charge in [-0.3, -0.25) is 4.68 Å². The third kappa shape index (κ3) is 2.30. The summed E-state index contributed by atoms with van der Waals surface area (Å²) < 4.78 is 12.4. The molecule has 5 heteroatoms. The summed E-state index contributed by atoms with van der Waals surface area (Å²) in [4.78, 5) is 0. The molecule has 0 saturated carbocycles. The molecule has 1 N–H and O–H groups in total. The van der Waals surface area contributed by atoms with E-state index in [1.54, 1.807) is 13.3 Å². The molecule has 2 atom stereocenters. The molecule has 2 heterocycles. The second kappa shape index (κ2) is 5.06. The van der Waals surface area contributed by atoms with Crippen molar-refractivity contribution >= 4 is 0 Å². The van der Waals surface area contributed by atoms with Crippen molar-refractivity contribution in [2.75, 3.05) is 20.3 Å². The van der Waals surface area contributed by atoms with Crippen LogP contribution in [0.4, 0.5) is 0 Å². The second-order valence-corrected chi connectivity index (χ2v) is 4.71. The molecule has 0 radical (unpaired) electrons. The van der Waals surface area contributed by atoms with Gasteiger partial charge in [0.15, 0.2) is 5.75 Å².